The van der Waals surface area contributed by atoms with E-state index in [0.717, 1.165) is 18.7 Å². The average molecular weight is 243 g/mol. The predicted molar refractivity (Wildman–Crippen MR) is 79.6 cm³/mol. The first-order valence-electron chi connectivity index (χ1n) is 7.18. The summed E-state index contributed by atoms with van der Waals surface area (Å²) in [6, 6.07) is 10.1. The van der Waals surface area contributed by atoms with Crippen molar-refractivity contribution in [3.63, 3.8) is 0 Å². The van der Waals surface area contributed by atoms with Crippen LogP contribution in [-0.4, -0.2) is 13.1 Å². The van der Waals surface area contributed by atoms with Gasteiger partial charge in [0.15, 0.2) is 0 Å². The van der Waals surface area contributed by atoms with E-state index in [1.54, 1.807) is 0 Å². The van der Waals surface area contributed by atoms with E-state index >= 15 is 0 Å². The normalized spacial score (nSPS) is 9.83. The van der Waals surface area contributed by atoms with E-state index < -0.39 is 0 Å². The van der Waals surface area contributed by atoms with E-state index in [0.29, 0.717) is 0 Å². The molecule has 0 aromatic heterocycles. The zero-order valence-electron chi connectivity index (χ0n) is 11.5. The van der Waals surface area contributed by atoms with Crippen molar-refractivity contribution in [2.24, 2.45) is 0 Å². The molecule has 0 radical (unpaired) electrons. The molecule has 1 heteroatoms. The fourth-order valence-corrected chi connectivity index (χ4v) is 1.85. The van der Waals surface area contributed by atoms with Gasteiger partial charge in [0.2, 0.25) is 0 Å². The van der Waals surface area contributed by atoms with Gasteiger partial charge in [-0.15, -0.1) is 0 Å². The zero-order valence-corrected chi connectivity index (χ0v) is 11.5. The van der Waals surface area contributed by atoms with Crippen LogP contribution in [0.2, 0.25) is 0 Å². The van der Waals surface area contributed by atoms with E-state index in [9.17, 15) is 0 Å². The van der Waals surface area contributed by atoms with Gasteiger partial charge in [0.05, 0.1) is 6.54 Å². The van der Waals surface area contributed by atoms with Crippen LogP contribution in [0.3, 0.4) is 0 Å². The van der Waals surface area contributed by atoms with Gasteiger partial charge in [0, 0.05) is 5.56 Å². The third-order valence-corrected chi connectivity index (χ3v) is 2.93. The molecule has 1 nitrogen and oxygen atoms in total. The third-order valence-electron chi connectivity index (χ3n) is 2.93. The van der Waals surface area contributed by atoms with E-state index in [-0.39, 0.29) is 0 Å². The summed E-state index contributed by atoms with van der Waals surface area (Å²) >= 11 is 0. The van der Waals surface area contributed by atoms with Crippen molar-refractivity contribution in [2.75, 3.05) is 13.1 Å². The summed E-state index contributed by atoms with van der Waals surface area (Å²) in [6.07, 6.45) is 8.11. The largest absolute Gasteiger partial charge is 0.306 e. The maximum absolute atomic E-state index is 3.37. The molecule has 0 saturated heterocycles. The zero-order chi connectivity index (χ0) is 12.9. The molecule has 1 aromatic carbocycles. The SMILES string of the molecule is CCCCCCCCNCC#Cc1ccccc1. The Morgan fingerprint density at radius 3 is 2.44 bits per heavy atom. The molecule has 18 heavy (non-hydrogen) atoms. The molecule has 1 aromatic rings. The van der Waals surface area contributed by atoms with Gasteiger partial charge in [-0.2, -0.15) is 0 Å². The summed E-state index contributed by atoms with van der Waals surface area (Å²) < 4.78 is 0. The van der Waals surface area contributed by atoms with Gasteiger partial charge >= 0.3 is 0 Å². The number of hydrogen-bond acceptors (Lipinski definition) is 1. The number of benzene rings is 1. The highest BCUT2D eigenvalue weighted by atomic mass is 14.8. The van der Waals surface area contributed by atoms with Crippen LogP contribution >= 0.6 is 0 Å². The van der Waals surface area contributed by atoms with Crippen LogP contribution < -0.4 is 5.32 Å². The molecule has 0 saturated carbocycles. The Hall–Kier alpha value is -1.26. The van der Waals surface area contributed by atoms with Crippen molar-refractivity contribution in [3.05, 3.63) is 35.9 Å². The molecule has 0 spiro atoms. The lowest BCUT2D eigenvalue weighted by molar-refractivity contribution is 0.586. The minimum atomic E-state index is 0.795. The van der Waals surface area contributed by atoms with E-state index in [2.05, 4.69) is 24.1 Å². The summed E-state index contributed by atoms with van der Waals surface area (Å²) in [5.74, 6) is 6.30. The Morgan fingerprint density at radius 2 is 1.67 bits per heavy atom. The third kappa shape index (κ3) is 7.92. The van der Waals surface area contributed by atoms with E-state index in [1.165, 1.54) is 38.5 Å². The molecule has 1 rings (SSSR count). The Labute approximate surface area is 112 Å². The fraction of sp³-hybridized carbons (Fsp3) is 0.529. The highest BCUT2D eigenvalue weighted by Gasteiger charge is 1.89. The number of hydrogen-bond donors (Lipinski definition) is 1. The topological polar surface area (TPSA) is 12.0 Å². The van der Waals surface area contributed by atoms with Gasteiger partial charge in [0.25, 0.3) is 0 Å². The van der Waals surface area contributed by atoms with Crippen LogP contribution in [-0.2, 0) is 0 Å². The average Bonchev–Trinajstić information content (AvgIpc) is 2.42. The Bertz CT molecular complexity index is 345. The minimum Gasteiger partial charge on any atom is -0.306 e. The van der Waals surface area contributed by atoms with Gasteiger partial charge in [0.1, 0.15) is 0 Å². The summed E-state index contributed by atoms with van der Waals surface area (Å²) in [6.45, 7) is 4.15. The fourth-order valence-electron chi connectivity index (χ4n) is 1.85. The second-order valence-corrected chi connectivity index (χ2v) is 4.61. The molecule has 0 aliphatic carbocycles. The second-order valence-electron chi connectivity index (χ2n) is 4.61. The Kier molecular flexibility index (Phi) is 8.93. The lowest BCUT2D eigenvalue weighted by Gasteiger charge is -2.00. The molecule has 0 heterocycles. The van der Waals surface area contributed by atoms with Crippen LogP contribution in [0.5, 0.6) is 0 Å². The predicted octanol–water partition coefficient (Wildman–Crippen LogP) is 3.99. The Morgan fingerprint density at radius 1 is 0.944 bits per heavy atom. The van der Waals surface area contributed by atoms with Crippen LogP contribution in [0.25, 0.3) is 0 Å². The summed E-state index contributed by atoms with van der Waals surface area (Å²) in [5, 5.41) is 3.37. The van der Waals surface area contributed by atoms with Gasteiger partial charge in [-0.25, -0.2) is 0 Å². The number of unbranched alkanes of at least 4 members (excludes halogenated alkanes) is 5. The summed E-state index contributed by atoms with van der Waals surface area (Å²) in [5.41, 5.74) is 1.10. The minimum absolute atomic E-state index is 0.795. The number of nitrogens with one attached hydrogen (secondary N) is 1. The highest BCUT2D eigenvalue weighted by Crippen LogP contribution is 2.03. The van der Waals surface area contributed by atoms with Crippen LogP contribution in [0.1, 0.15) is 51.0 Å². The highest BCUT2D eigenvalue weighted by molar-refractivity contribution is 5.33. The molecular formula is C17H25N. The molecule has 0 amide bonds. The van der Waals surface area contributed by atoms with Crippen molar-refractivity contribution >= 4 is 0 Å². The molecule has 98 valence electrons. The standard InChI is InChI=1S/C17H25N/c1-2-3-4-5-6-10-15-18-16-11-14-17-12-8-7-9-13-17/h7-9,12-13,18H,2-6,10,15-16H2,1H3. The smallest absolute Gasteiger partial charge is 0.0580 e. The quantitative estimate of drug-likeness (QED) is 0.538. The molecule has 0 atom stereocenters. The maximum Gasteiger partial charge on any atom is 0.0580 e. The molecule has 0 fully saturated rings. The molecule has 1 N–H and O–H groups in total. The maximum atomic E-state index is 3.37. The van der Waals surface area contributed by atoms with Gasteiger partial charge < -0.3 is 5.32 Å². The molecule has 0 aliphatic heterocycles. The number of rotatable bonds is 8. The van der Waals surface area contributed by atoms with Gasteiger partial charge in [-0.05, 0) is 25.1 Å². The molecule has 0 aliphatic rings. The lowest BCUT2D eigenvalue weighted by atomic mass is 10.1. The van der Waals surface area contributed by atoms with E-state index in [4.69, 9.17) is 0 Å². The first-order chi connectivity index (χ1) is 8.93. The van der Waals surface area contributed by atoms with Crippen molar-refractivity contribution in [3.8, 4) is 11.8 Å². The van der Waals surface area contributed by atoms with Crippen LogP contribution in [0.15, 0.2) is 30.3 Å². The first kappa shape index (κ1) is 14.8. The van der Waals surface area contributed by atoms with Crippen LogP contribution in [0.4, 0.5) is 0 Å². The van der Waals surface area contributed by atoms with E-state index in [1.807, 2.05) is 30.3 Å². The van der Waals surface area contributed by atoms with Crippen molar-refractivity contribution in [1.82, 2.24) is 5.32 Å². The molecular weight excluding hydrogens is 218 g/mol. The van der Waals surface area contributed by atoms with Crippen molar-refractivity contribution in [2.45, 2.75) is 45.4 Å². The summed E-state index contributed by atoms with van der Waals surface area (Å²) in [4.78, 5) is 0. The first-order valence-corrected chi connectivity index (χ1v) is 7.18. The monoisotopic (exact) mass is 243 g/mol. The lowest BCUT2D eigenvalue weighted by Crippen LogP contribution is -2.15. The second kappa shape index (κ2) is 10.9. The van der Waals surface area contributed by atoms with Gasteiger partial charge in [-0.1, -0.05) is 69.1 Å². The Balaban J connectivity index is 1.94. The van der Waals surface area contributed by atoms with Crippen molar-refractivity contribution < 1.29 is 0 Å². The van der Waals surface area contributed by atoms with Crippen molar-refractivity contribution in [1.29, 1.82) is 0 Å². The molecule has 0 bridgehead atoms. The molecule has 0 unspecified atom stereocenters. The summed E-state index contributed by atoms with van der Waals surface area (Å²) in [7, 11) is 0. The van der Waals surface area contributed by atoms with Crippen LogP contribution in [0, 0.1) is 11.8 Å². The van der Waals surface area contributed by atoms with Gasteiger partial charge in [-0.3, -0.25) is 0 Å².